The van der Waals surface area contributed by atoms with E-state index < -0.39 is 0 Å². The van der Waals surface area contributed by atoms with Gasteiger partial charge in [-0.25, -0.2) is 0 Å². The second kappa shape index (κ2) is 9.63. The average molecular weight is 502 g/mol. The first-order valence-electron chi connectivity index (χ1n) is 12.7. The van der Waals surface area contributed by atoms with Crippen molar-refractivity contribution in [3.8, 4) is 28.3 Å². The van der Waals surface area contributed by atoms with Gasteiger partial charge in [-0.1, -0.05) is 61.2 Å². The number of carbonyl (C=O) groups excluding carboxylic acids is 1. The number of ketones is 1. The number of rotatable bonds is 8. The molecule has 0 spiro atoms. The summed E-state index contributed by atoms with van der Waals surface area (Å²) in [5, 5.41) is 19.9. The lowest BCUT2D eigenvalue weighted by Crippen LogP contribution is -2.06. The molecule has 6 rings (SSSR count). The average Bonchev–Trinajstić information content (AvgIpc) is 3.53. The Labute approximate surface area is 220 Å². The Morgan fingerprint density at radius 2 is 1.71 bits per heavy atom. The minimum atomic E-state index is -0.0662. The molecule has 188 valence electrons. The van der Waals surface area contributed by atoms with Crippen LogP contribution in [0.1, 0.15) is 40.4 Å². The summed E-state index contributed by atoms with van der Waals surface area (Å²) in [4.78, 5) is 14.5. The lowest BCUT2D eigenvalue weighted by molar-refractivity contribution is 0.103. The van der Waals surface area contributed by atoms with Crippen molar-refractivity contribution in [3.05, 3.63) is 113 Å². The van der Waals surface area contributed by atoms with E-state index in [1.165, 1.54) is 0 Å². The number of fused-ring (bicyclic) bond motifs is 4. The highest BCUT2D eigenvalue weighted by molar-refractivity contribution is 6.13. The first-order valence-corrected chi connectivity index (χ1v) is 12.7. The molecule has 6 nitrogen and oxygen atoms in total. The van der Waals surface area contributed by atoms with Crippen molar-refractivity contribution in [2.24, 2.45) is 0 Å². The van der Waals surface area contributed by atoms with Gasteiger partial charge >= 0.3 is 0 Å². The molecule has 1 aliphatic rings. The van der Waals surface area contributed by atoms with Crippen molar-refractivity contribution in [2.75, 3.05) is 6.61 Å². The molecule has 0 saturated heterocycles. The number of phenolic OH excluding ortho intramolecular Hbond substituents is 1. The predicted molar refractivity (Wildman–Crippen MR) is 148 cm³/mol. The van der Waals surface area contributed by atoms with Crippen molar-refractivity contribution in [2.45, 2.75) is 26.2 Å². The van der Waals surface area contributed by atoms with Crippen molar-refractivity contribution in [3.63, 3.8) is 0 Å². The first kappa shape index (κ1) is 23.7. The van der Waals surface area contributed by atoms with Gasteiger partial charge in [0.25, 0.3) is 0 Å². The number of aromatic hydroxyl groups is 1. The van der Waals surface area contributed by atoms with E-state index in [2.05, 4.69) is 22.8 Å². The van der Waals surface area contributed by atoms with Gasteiger partial charge < -0.3 is 9.84 Å². The molecule has 0 bridgehead atoms. The Kier molecular flexibility index (Phi) is 6.00. The third-order valence-electron chi connectivity index (χ3n) is 6.99. The van der Waals surface area contributed by atoms with Crippen LogP contribution in [-0.4, -0.2) is 32.5 Å². The van der Waals surface area contributed by atoms with Gasteiger partial charge in [0.1, 0.15) is 11.0 Å². The van der Waals surface area contributed by atoms with E-state index in [-0.39, 0.29) is 11.5 Å². The van der Waals surface area contributed by atoms with E-state index in [1.807, 2.05) is 66.7 Å². The zero-order valence-corrected chi connectivity index (χ0v) is 21.1. The van der Waals surface area contributed by atoms with E-state index in [0.717, 1.165) is 57.4 Å². The molecule has 1 N–H and O–H groups in total. The number of carbonyl (C=O) groups is 1. The quantitative estimate of drug-likeness (QED) is 0.147. The summed E-state index contributed by atoms with van der Waals surface area (Å²) in [6.07, 6.45) is 2.11. The fourth-order valence-corrected chi connectivity index (χ4v) is 5.18. The molecule has 4 aromatic carbocycles. The molecular weight excluding hydrogens is 474 g/mol. The molecule has 0 aliphatic heterocycles. The Balaban J connectivity index is 1.21. The lowest BCUT2D eigenvalue weighted by atomic mass is 9.94. The van der Waals surface area contributed by atoms with Gasteiger partial charge in [0.15, 0.2) is 17.3 Å². The second-order valence-corrected chi connectivity index (χ2v) is 9.62. The molecule has 0 atom stereocenters. The maximum absolute atomic E-state index is 12.8. The standard InChI is InChI=1S/C32H27N3O3/c1-20(2)31(37)24-12-7-10-22-19-25-23(30(22)24)16-17-29(36)32(25)38-18-8-11-21-9-3-6-15-28(21)35-33-26-13-4-5-14-27(26)34-35/h3-7,9-10,12-17,36H,1,8,11,18-19H2,2H3. The van der Waals surface area contributed by atoms with Gasteiger partial charge in [0, 0.05) is 17.5 Å². The molecular formula is C32H27N3O3. The van der Waals surface area contributed by atoms with E-state index in [9.17, 15) is 9.90 Å². The monoisotopic (exact) mass is 501 g/mol. The van der Waals surface area contributed by atoms with Gasteiger partial charge in [0.2, 0.25) is 0 Å². The molecule has 0 fully saturated rings. The van der Waals surface area contributed by atoms with Gasteiger partial charge in [-0.3, -0.25) is 4.79 Å². The number of hydrogen-bond acceptors (Lipinski definition) is 5. The number of allylic oxidation sites excluding steroid dienone is 1. The Morgan fingerprint density at radius 3 is 2.47 bits per heavy atom. The number of nitrogens with zero attached hydrogens (tertiary/aromatic N) is 3. The maximum atomic E-state index is 12.8. The summed E-state index contributed by atoms with van der Waals surface area (Å²) >= 11 is 0. The highest BCUT2D eigenvalue weighted by atomic mass is 16.5. The van der Waals surface area contributed by atoms with Crippen molar-refractivity contribution < 1.29 is 14.6 Å². The fraction of sp³-hybridized carbons (Fsp3) is 0.156. The molecule has 1 aromatic heterocycles. The summed E-state index contributed by atoms with van der Waals surface area (Å²) < 4.78 is 6.18. The predicted octanol–water partition coefficient (Wildman–Crippen LogP) is 6.47. The maximum Gasteiger partial charge on any atom is 0.188 e. The normalized spacial score (nSPS) is 11.8. The summed E-state index contributed by atoms with van der Waals surface area (Å²) in [6, 6.07) is 25.2. The molecule has 6 heteroatoms. The molecule has 0 radical (unpaired) electrons. The number of aromatic nitrogens is 3. The van der Waals surface area contributed by atoms with Crippen LogP contribution < -0.4 is 4.74 Å². The zero-order chi connectivity index (χ0) is 26.2. The molecule has 0 unspecified atom stereocenters. The minimum Gasteiger partial charge on any atom is -0.504 e. The van der Waals surface area contributed by atoms with Crippen molar-refractivity contribution >= 4 is 16.8 Å². The largest absolute Gasteiger partial charge is 0.504 e. The molecule has 1 heterocycles. The topological polar surface area (TPSA) is 77.2 Å². The summed E-state index contributed by atoms with van der Waals surface area (Å²) in [5.41, 5.74) is 8.72. The number of hydrogen-bond donors (Lipinski definition) is 1. The van der Waals surface area contributed by atoms with E-state index >= 15 is 0 Å². The summed E-state index contributed by atoms with van der Waals surface area (Å²) in [7, 11) is 0. The molecule has 0 amide bonds. The summed E-state index contributed by atoms with van der Waals surface area (Å²) in [6.45, 7) is 5.99. The van der Waals surface area contributed by atoms with Crippen LogP contribution in [0, 0.1) is 0 Å². The van der Waals surface area contributed by atoms with Crippen molar-refractivity contribution in [1.82, 2.24) is 15.0 Å². The van der Waals surface area contributed by atoms with Crippen LogP contribution in [-0.2, 0) is 12.8 Å². The lowest BCUT2D eigenvalue weighted by Gasteiger charge is -2.14. The van der Waals surface area contributed by atoms with E-state index in [0.29, 0.717) is 29.9 Å². The number of para-hydroxylation sites is 1. The number of phenols is 1. The first-order chi connectivity index (χ1) is 18.5. The number of Topliss-reactive ketones (excluding diaryl/α,β-unsaturated/α-hetero) is 1. The Hall–Kier alpha value is -4.71. The molecule has 0 saturated carbocycles. The van der Waals surface area contributed by atoms with Crippen molar-refractivity contribution in [1.29, 1.82) is 0 Å². The van der Waals surface area contributed by atoms with Crippen LogP contribution >= 0.6 is 0 Å². The second-order valence-electron chi connectivity index (χ2n) is 9.62. The van der Waals surface area contributed by atoms with Crippen LogP contribution in [0.5, 0.6) is 11.5 Å². The number of benzene rings is 4. The Morgan fingerprint density at radius 1 is 0.974 bits per heavy atom. The van der Waals surface area contributed by atoms with Gasteiger partial charge in [0.05, 0.1) is 12.3 Å². The SMILES string of the molecule is C=C(C)C(=O)c1cccc2c1-c1ccc(O)c(OCCCc3ccccc3-n3nc4ccccc4n3)c1C2. The van der Waals surface area contributed by atoms with Crippen LogP contribution in [0.4, 0.5) is 0 Å². The zero-order valence-electron chi connectivity index (χ0n) is 21.1. The number of ether oxygens (including phenoxy) is 1. The molecule has 38 heavy (non-hydrogen) atoms. The van der Waals surface area contributed by atoms with Gasteiger partial charge in [-0.05, 0) is 71.9 Å². The van der Waals surface area contributed by atoms with Gasteiger partial charge in [-0.15, -0.1) is 10.2 Å². The highest BCUT2D eigenvalue weighted by Gasteiger charge is 2.28. The van der Waals surface area contributed by atoms with Gasteiger partial charge in [-0.2, -0.15) is 4.80 Å². The third kappa shape index (κ3) is 4.14. The Bertz CT molecular complexity index is 1680. The van der Waals surface area contributed by atoms with E-state index in [4.69, 9.17) is 4.74 Å². The smallest absolute Gasteiger partial charge is 0.188 e. The fourth-order valence-electron chi connectivity index (χ4n) is 5.18. The van der Waals surface area contributed by atoms with Crippen LogP contribution in [0.25, 0.3) is 27.8 Å². The minimum absolute atomic E-state index is 0.0662. The molecule has 1 aliphatic carbocycles. The molecule has 5 aromatic rings. The van der Waals surface area contributed by atoms with Crippen LogP contribution in [0.15, 0.2) is 91.0 Å². The third-order valence-corrected chi connectivity index (χ3v) is 6.99. The van der Waals surface area contributed by atoms with E-state index in [1.54, 1.807) is 17.8 Å². The number of aryl methyl sites for hydroxylation is 1. The van der Waals surface area contributed by atoms with Crippen LogP contribution in [0.2, 0.25) is 0 Å². The highest BCUT2D eigenvalue weighted by Crippen LogP contribution is 2.46. The summed E-state index contributed by atoms with van der Waals surface area (Å²) in [5.74, 6) is 0.529. The van der Waals surface area contributed by atoms with Crippen LogP contribution in [0.3, 0.4) is 0 Å².